The molecule has 10 rings (SSSR count). The minimum atomic E-state index is -0.0143. The first-order chi connectivity index (χ1) is 25.2. The number of fused-ring (bicyclic) bond motifs is 6. The Bertz CT molecular complexity index is 2750. The fourth-order valence-electron chi connectivity index (χ4n) is 7.82. The largest absolute Gasteiger partial charge is 0.456 e. The average Bonchev–Trinajstić information content (AvgIpc) is 3.73. The zero-order valence-electron chi connectivity index (χ0n) is 28.1. The van der Waals surface area contributed by atoms with Crippen molar-refractivity contribution in [3.8, 4) is 16.8 Å². The third-order valence-electron chi connectivity index (χ3n) is 10.4. The summed E-state index contributed by atoms with van der Waals surface area (Å²) in [6.07, 6.45) is 0. The van der Waals surface area contributed by atoms with E-state index in [4.69, 9.17) is 14.4 Å². The van der Waals surface area contributed by atoms with E-state index in [1.165, 1.54) is 27.4 Å². The monoisotopic (exact) mass is 655 g/mol. The fraction of sp³-hybridized carbons (Fsp3) is 0.0638. The smallest absolute Gasteiger partial charge is 0.155 e. The van der Waals surface area contributed by atoms with E-state index >= 15 is 0 Å². The number of aliphatic imine (C=N–C) groups is 2. The van der Waals surface area contributed by atoms with Gasteiger partial charge in [0.25, 0.3) is 0 Å². The van der Waals surface area contributed by atoms with Crippen LogP contribution >= 0.6 is 0 Å². The maximum Gasteiger partial charge on any atom is 0.155 e. The summed E-state index contributed by atoms with van der Waals surface area (Å²) in [5.74, 6) is 0.908. The van der Waals surface area contributed by atoms with E-state index in [2.05, 4.69) is 175 Å². The number of benzene rings is 7. The lowest BCUT2D eigenvalue weighted by Crippen LogP contribution is -2.26. The van der Waals surface area contributed by atoms with Gasteiger partial charge in [0.1, 0.15) is 11.2 Å². The lowest BCUT2D eigenvalue weighted by molar-refractivity contribution is 0.592. The average molecular weight is 656 g/mol. The molecule has 9 aromatic rings. The molecule has 242 valence electrons. The van der Waals surface area contributed by atoms with E-state index in [-0.39, 0.29) is 12.0 Å². The van der Waals surface area contributed by atoms with Crippen LogP contribution in [0.15, 0.2) is 184 Å². The van der Waals surface area contributed by atoms with E-state index in [9.17, 15) is 0 Å². The molecule has 0 fully saturated rings. The maximum absolute atomic E-state index is 6.45. The number of nitrogens with zero attached hydrogens (tertiary/aromatic N) is 3. The molecular formula is C47H33N3O. The van der Waals surface area contributed by atoms with Gasteiger partial charge in [-0.15, -0.1) is 0 Å². The van der Waals surface area contributed by atoms with Crippen molar-refractivity contribution in [2.75, 3.05) is 0 Å². The second-order valence-electron chi connectivity index (χ2n) is 13.4. The molecule has 0 spiro atoms. The van der Waals surface area contributed by atoms with E-state index in [1.54, 1.807) is 0 Å². The minimum Gasteiger partial charge on any atom is -0.456 e. The van der Waals surface area contributed by atoms with Gasteiger partial charge in [-0.1, -0.05) is 134 Å². The third-order valence-corrected chi connectivity index (χ3v) is 10.4. The molecule has 0 radical (unpaired) electrons. The SMILES string of the molecule is C[C@@H]1C(c2ccccc2)=NC(c2ccc(-c3ccc4c(c3)oc3ccc(-n5c6ccccc6c6ccccc65)cc34)cc2)=NC1c1ccccc1. The Morgan fingerprint density at radius 2 is 1.12 bits per heavy atom. The molecule has 0 amide bonds. The molecule has 0 N–H and O–H groups in total. The molecular weight excluding hydrogens is 623 g/mol. The number of hydrogen-bond acceptors (Lipinski definition) is 3. The summed E-state index contributed by atoms with van der Waals surface area (Å²) < 4.78 is 8.80. The van der Waals surface area contributed by atoms with Crippen LogP contribution in [0.25, 0.3) is 60.6 Å². The normalized spacial score (nSPS) is 16.2. The molecule has 1 aliphatic rings. The van der Waals surface area contributed by atoms with Gasteiger partial charge in [-0.25, -0.2) is 4.99 Å². The molecule has 3 heterocycles. The molecule has 4 nitrogen and oxygen atoms in total. The highest BCUT2D eigenvalue weighted by Gasteiger charge is 2.29. The zero-order valence-corrected chi connectivity index (χ0v) is 28.1. The molecule has 0 aliphatic carbocycles. The molecule has 2 atom stereocenters. The Morgan fingerprint density at radius 3 is 1.84 bits per heavy atom. The van der Waals surface area contributed by atoms with Crippen molar-refractivity contribution in [2.24, 2.45) is 15.9 Å². The van der Waals surface area contributed by atoms with Gasteiger partial charge in [0.2, 0.25) is 0 Å². The number of furan rings is 1. The lowest BCUT2D eigenvalue weighted by atomic mass is 9.86. The maximum atomic E-state index is 6.45. The van der Waals surface area contributed by atoms with Crippen LogP contribution in [-0.4, -0.2) is 16.1 Å². The van der Waals surface area contributed by atoms with Gasteiger partial charge in [-0.05, 0) is 64.7 Å². The molecule has 2 aromatic heterocycles. The summed E-state index contributed by atoms with van der Waals surface area (Å²) >= 11 is 0. The van der Waals surface area contributed by atoms with Gasteiger partial charge in [0.15, 0.2) is 5.84 Å². The van der Waals surface area contributed by atoms with Crippen molar-refractivity contribution in [3.63, 3.8) is 0 Å². The highest BCUT2D eigenvalue weighted by Crippen LogP contribution is 2.38. The van der Waals surface area contributed by atoms with Crippen LogP contribution in [0, 0.1) is 5.92 Å². The van der Waals surface area contributed by atoms with E-state index in [0.717, 1.165) is 61.4 Å². The quantitative estimate of drug-likeness (QED) is 0.182. The summed E-state index contributed by atoms with van der Waals surface area (Å²) in [6.45, 7) is 2.23. The van der Waals surface area contributed by atoms with Gasteiger partial charge >= 0.3 is 0 Å². The number of rotatable bonds is 5. The highest BCUT2D eigenvalue weighted by atomic mass is 16.3. The van der Waals surface area contributed by atoms with Crippen LogP contribution < -0.4 is 0 Å². The van der Waals surface area contributed by atoms with Gasteiger partial charge < -0.3 is 8.98 Å². The van der Waals surface area contributed by atoms with Gasteiger partial charge in [0, 0.05) is 38.7 Å². The van der Waals surface area contributed by atoms with E-state index < -0.39 is 0 Å². The lowest BCUT2D eigenvalue weighted by Gasteiger charge is -2.28. The number of amidine groups is 1. The minimum absolute atomic E-state index is 0.0143. The molecule has 51 heavy (non-hydrogen) atoms. The van der Waals surface area contributed by atoms with Crippen molar-refractivity contribution in [1.82, 2.24) is 4.57 Å². The highest BCUT2D eigenvalue weighted by molar-refractivity contribution is 6.15. The van der Waals surface area contributed by atoms with Crippen molar-refractivity contribution in [2.45, 2.75) is 13.0 Å². The van der Waals surface area contributed by atoms with Crippen LogP contribution in [0.2, 0.25) is 0 Å². The van der Waals surface area contributed by atoms with E-state index in [0.29, 0.717) is 0 Å². The predicted octanol–water partition coefficient (Wildman–Crippen LogP) is 12.0. The van der Waals surface area contributed by atoms with Crippen LogP contribution in [-0.2, 0) is 0 Å². The number of aromatic nitrogens is 1. The van der Waals surface area contributed by atoms with Crippen LogP contribution in [0.3, 0.4) is 0 Å². The van der Waals surface area contributed by atoms with Crippen LogP contribution in [0.1, 0.15) is 29.7 Å². The molecule has 0 saturated carbocycles. The molecule has 4 heteroatoms. The predicted molar refractivity (Wildman–Crippen MR) is 211 cm³/mol. The van der Waals surface area contributed by atoms with Crippen LogP contribution in [0.5, 0.6) is 0 Å². The standard InChI is InChI=1S/C47H33N3O/c1-30-45(32-12-4-2-5-13-32)48-47(49-46(30)33-14-6-3-7-15-33)34-22-20-31(21-23-34)35-24-26-39-40-29-36(25-27-43(40)51-44(39)28-35)50-41-18-10-8-16-37(41)38-17-9-11-19-42(38)50/h2-30,45H,1H3/t30-,45?/m0/s1. The Morgan fingerprint density at radius 1 is 0.490 bits per heavy atom. The molecule has 1 aliphatic heterocycles. The fourth-order valence-corrected chi connectivity index (χ4v) is 7.82. The number of hydrogen-bond donors (Lipinski definition) is 0. The second-order valence-corrected chi connectivity index (χ2v) is 13.4. The zero-order chi connectivity index (χ0) is 33.9. The third kappa shape index (κ3) is 4.91. The summed E-state index contributed by atoms with van der Waals surface area (Å²) in [5.41, 5.74) is 11.9. The summed E-state index contributed by atoms with van der Waals surface area (Å²) in [6, 6.07) is 59.9. The second kappa shape index (κ2) is 11.8. The Balaban J connectivity index is 1.01. The first kappa shape index (κ1) is 29.4. The van der Waals surface area contributed by atoms with Crippen LogP contribution in [0.4, 0.5) is 0 Å². The van der Waals surface area contributed by atoms with Crippen molar-refractivity contribution < 1.29 is 4.42 Å². The number of para-hydroxylation sites is 2. The van der Waals surface area contributed by atoms with Crippen molar-refractivity contribution >= 4 is 55.3 Å². The van der Waals surface area contributed by atoms with Gasteiger partial charge in [-0.2, -0.15) is 0 Å². The molecule has 0 bridgehead atoms. The molecule has 0 saturated heterocycles. The topological polar surface area (TPSA) is 42.8 Å². The van der Waals surface area contributed by atoms with E-state index in [1.807, 2.05) is 6.07 Å². The molecule has 7 aromatic carbocycles. The molecule has 1 unspecified atom stereocenters. The van der Waals surface area contributed by atoms with Gasteiger partial charge in [0.05, 0.1) is 22.8 Å². The Hall–Kier alpha value is -6.52. The van der Waals surface area contributed by atoms with Crippen molar-refractivity contribution in [3.05, 3.63) is 187 Å². The van der Waals surface area contributed by atoms with Gasteiger partial charge in [-0.3, -0.25) is 4.99 Å². The first-order valence-corrected chi connectivity index (χ1v) is 17.5. The summed E-state index contributed by atoms with van der Waals surface area (Å²) in [7, 11) is 0. The summed E-state index contributed by atoms with van der Waals surface area (Å²) in [4.78, 5) is 10.4. The Kier molecular flexibility index (Phi) is 6.81. The Labute approximate surface area is 295 Å². The summed E-state index contributed by atoms with van der Waals surface area (Å²) in [5, 5.41) is 4.72. The van der Waals surface area contributed by atoms with Crippen molar-refractivity contribution in [1.29, 1.82) is 0 Å². The first-order valence-electron chi connectivity index (χ1n) is 17.5.